The second-order valence-corrected chi connectivity index (χ2v) is 7.64. The van der Waals surface area contributed by atoms with Gasteiger partial charge in [-0.15, -0.1) is 0 Å². The van der Waals surface area contributed by atoms with Gasteiger partial charge in [0.25, 0.3) is 0 Å². The smallest absolute Gasteiger partial charge is 0.244 e. The molecule has 1 aliphatic rings. The lowest BCUT2D eigenvalue weighted by Crippen LogP contribution is -2.32. The molecular formula is C20H27N5O2. The van der Waals surface area contributed by atoms with Crippen LogP contribution in [0.5, 0.6) is 0 Å². The van der Waals surface area contributed by atoms with Gasteiger partial charge in [-0.05, 0) is 37.3 Å². The van der Waals surface area contributed by atoms with Gasteiger partial charge in [0.1, 0.15) is 5.65 Å². The maximum Gasteiger partial charge on any atom is 0.244 e. The van der Waals surface area contributed by atoms with Gasteiger partial charge in [-0.25, -0.2) is 4.98 Å². The average Bonchev–Trinajstić information content (AvgIpc) is 3.30. The minimum Gasteiger partial charge on any atom is -0.381 e. The largest absolute Gasteiger partial charge is 0.381 e. The number of nitrogens with one attached hydrogen (secondary N) is 1. The Morgan fingerprint density at radius 3 is 2.81 bits per heavy atom. The van der Waals surface area contributed by atoms with Crippen molar-refractivity contribution in [3.05, 3.63) is 47.5 Å². The Morgan fingerprint density at radius 2 is 2.07 bits per heavy atom. The molecule has 0 bridgehead atoms. The molecule has 7 heteroatoms. The van der Waals surface area contributed by atoms with E-state index in [2.05, 4.69) is 57.9 Å². The van der Waals surface area contributed by atoms with Crippen molar-refractivity contribution in [2.75, 3.05) is 13.2 Å². The maximum absolute atomic E-state index is 5.63. The number of pyridine rings is 1. The summed E-state index contributed by atoms with van der Waals surface area (Å²) in [5.41, 5.74) is 3.29. The van der Waals surface area contributed by atoms with E-state index in [1.54, 1.807) is 0 Å². The van der Waals surface area contributed by atoms with Crippen LogP contribution in [-0.4, -0.2) is 32.7 Å². The summed E-state index contributed by atoms with van der Waals surface area (Å²) in [7, 11) is 0. The Morgan fingerprint density at radius 1 is 1.26 bits per heavy atom. The molecule has 4 heterocycles. The summed E-state index contributed by atoms with van der Waals surface area (Å²) >= 11 is 0. The first kappa shape index (κ1) is 18.1. The van der Waals surface area contributed by atoms with Crippen LogP contribution < -0.4 is 5.32 Å². The predicted octanol–water partition coefficient (Wildman–Crippen LogP) is 3.41. The second kappa shape index (κ2) is 7.78. The van der Waals surface area contributed by atoms with E-state index >= 15 is 0 Å². The molecule has 144 valence electrons. The number of fused-ring (bicyclic) bond motifs is 1. The van der Waals surface area contributed by atoms with Crippen molar-refractivity contribution in [1.82, 2.24) is 24.8 Å². The summed E-state index contributed by atoms with van der Waals surface area (Å²) in [6.45, 7) is 8.49. The molecule has 0 aliphatic carbocycles. The minimum atomic E-state index is 0.0178. The SMILES string of the molecule is Cc1ccc2ncc(CN[C@H](c3nc(C(C)C)no3)C3CCOCC3)n2c1. The van der Waals surface area contributed by atoms with Crippen LogP contribution in [0.4, 0.5) is 0 Å². The van der Waals surface area contributed by atoms with Gasteiger partial charge in [-0.2, -0.15) is 4.98 Å². The van der Waals surface area contributed by atoms with Crippen molar-refractivity contribution in [3.63, 3.8) is 0 Å². The Labute approximate surface area is 159 Å². The van der Waals surface area contributed by atoms with Crippen LogP contribution in [0.1, 0.15) is 61.6 Å². The molecule has 0 saturated carbocycles. The molecule has 27 heavy (non-hydrogen) atoms. The van der Waals surface area contributed by atoms with Crippen LogP contribution in [0.2, 0.25) is 0 Å². The molecule has 3 aromatic heterocycles. The fraction of sp³-hybridized carbons (Fsp3) is 0.550. The molecule has 1 N–H and O–H groups in total. The van der Waals surface area contributed by atoms with Crippen molar-refractivity contribution >= 4 is 5.65 Å². The summed E-state index contributed by atoms with van der Waals surface area (Å²) < 4.78 is 13.3. The van der Waals surface area contributed by atoms with Crippen molar-refractivity contribution in [2.24, 2.45) is 5.92 Å². The summed E-state index contributed by atoms with van der Waals surface area (Å²) in [4.78, 5) is 9.16. The van der Waals surface area contributed by atoms with Crippen LogP contribution in [0, 0.1) is 12.8 Å². The van der Waals surface area contributed by atoms with Gasteiger partial charge >= 0.3 is 0 Å². The lowest BCUT2D eigenvalue weighted by Gasteiger charge is -2.28. The monoisotopic (exact) mass is 369 g/mol. The standard InChI is InChI=1S/C20H27N5O2/c1-13(2)19-23-20(27-24-19)18(15-6-8-26-9-7-15)22-11-16-10-21-17-5-4-14(3)12-25(16)17/h4-5,10,12-13,15,18,22H,6-9,11H2,1-3H3/t18-/m0/s1. The van der Waals surface area contributed by atoms with Crippen LogP contribution >= 0.6 is 0 Å². The summed E-state index contributed by atoms with van der Waals surface area (Å²) in [6, 6.07) is 4.14. The van der Waals surface area contributed by atoms with E-state index in [-0.39, 0.29) is 12.0 Å². The number of imidazole rings is 1. The van der Waals surface area contributed by atoms with Crippen molar-refractivity contribution < 1.29 is 9.26 Å². The highest BCUT2D eigenvalue weighted by molar-refractivity contribution is 5.41. The van der Waals surface area contributed by atoms with Gasteiger partial charge in [0.15, 0.2) is 5.82 Å². The lowest BCUT2D eigenvalue weighted by molar-refractivity contribution is 0.0485. The molecular weight excluding hydrogens is 342 g/mol. The van der Waals surface area contributed by atoms with E-state index < -0.39 is 0 Å². The van der Waals surface area contributed by atoms with Gasteiger partial charge in [0.2, 0.25) is 5.89 Å². The average molecular weight is 369 g/mol. The quantitative estimate of drug-likeness (QED) is 0.717. The fourth-order valence-electron chi connectivity index (χ4n) is 3.60. The third kappa shape index (κ3) is 3.89. The molecule has 7 nitrogen and oxygen atoms in total. The van der Waals surface area contributed by atoms with E-state index in [1.165, 1.54) is 5.56 Å². The Bertz CT molecular complexity index is 895. The van der Waals surface area contributed by atoms with Crippen molar-refractivity contribution in [3.8, 4) is 0 Å². The zero-order chi connectivity index (χ0) is 18.8. The number of hydrogen-bond donors (Lipinski definition) is 1. The van der Waals surface area contributed by atoms with Gasteiger partial charge in [-0.1, -0.05) is 25.1 Å². The predicted molar refractivity (Wildman–Crippen MR) is 101 cm³/mol. The van der Waals surface area contributed by atoms with Gasteiger partial charge in [-0.3, -0.25) is 5.32 Å². The van der Waals surface area contributed by atoms with Crippen LogP contribution in [-0.2, 0) is 11.3 Å². The summed E-state index contributed by atoms with van der Waals surface area (Å²) in [6.07, 6.45) is 6.02. The van der Waals surface area contributed by atoms with Crippen LogP contribution in [0.3, 0.4) is 0 Å². The third-order valence-electron chi connectivity index (χ3n) is 5.21. The Kier molecular flexibility index (Phi) is 5.22. The molecule has 0 unspecified atom stereocenters. The first-order chi connectivity index (χ1) is 13.1. The minimum absolute atomic E-state index is 0.0178. The van der Waals surface area contributed by atoms with E-state index in [9.17, 15) is 0 Å². The highest BCUT2D eigenvalue weighted by Crippen LogP contribution is 2.30. The second-order valence-electron chi connectivity index (χ2n) is 7.64. The first-order valence-corrected chi connectivity index (χ1v) is 9.69. The fourth-order valence-corrected chi connectivity index (χ4v) is 3.60. The number of aromatic nitrogens is 4. The summed E-state index contributed by atoms with van der Waals surface area (Å²) in [5, 5.41) is 7.82. The van der Waals surface area contributed by atoms with Gasteiger partial charge in [0, 0.05) is 31.9 Å². The molecule has 3 aromatic rings. The molecule has 1 atom stereocenters. The number of rotatable bonds is 6. The topological polar surface area (TPSA) is 77.5 Å². The zero-order valence-corrected chi connectivity index (χ0v) is 16.2. The molecule has 1 fully saturated rings. The molecule has 4 rings (SSSR count). The first-order valence-electron chi connectivity index (χ1n) is 9.69. The summed E-state index contributed by atoms with van der Waals surface area (Å²) in [5.74, 6) is 2.10. The van der Waals surface area contributed by atoms with E-state index in [4.69, 9.17) is 9.26 Å². The maximum atomic E-state index is 5.63. The molecule has 0 aromatic carbocycles. The Balaban J connectivity index is 1.57. The van der Waals surface area contributed by atoms with E-state index in [0.717, 1.165) is 43.2 Å². The van der Waals surface area contributed by atoms with Crippen molar-refractivity contribution in [2.45, 2.75) is 52.1 Å². The molecule has 0 amide bonds. The van der Waals surface area contributed by atoms with Crippen LogP contribution in [0.15, 0.2) is 29.0 Å². The van der Waals surface area contributed by atoms with Crippen molar-refractivity contribution in [1.29, 1.82) is 0 Å². The van der Waals surface area contributed by atoms with Crippen LogP contribution in [0.25, 0.3) is 5.65 Å². The van der Waals surface area contributed by atoms with Gasteiger partial charge in [0.05, 0.1) is 17.9 Å². The Hall–Kier alpha value is -2.25. The molecule has 1 saturated heterocycles. The number of ether oxygens (including phenoxy) is 1. The number of aryl methyl sites for hydroxylation is 1. The molecule has 0 spiro atoms. The third-order valence-corrected chi connectivity index (χ3v) is 5.21. The zero-order valence-electron chi connectivity index (χ0n) is 16.2. The molecule has 1 aliphatic heterocycles. The molecule has 0 radical (unpaired) electrons. The normalized spacial score (nSPS) is 17.0. The van der Waals surface area contributed by atoms with E-state index in [1.807, 2.05) is 12.3 Å². The highest BCUT2D eigenvalue weighted by atomic mass is 16.5. The number of hydrogen-bond acceptors (Lipinski definition) is 6. The highest BCUT2D eigenvalue weighted by Gasteiger charge is 2.30. The van der Waals surface area contributed by atoms with E-state index in [0.29, 0.717) is 18.4 Å². The number of nitrogens with zero attached hydrogens (tertiary/aromatic N) is 4. The van der Waals surface area contributed by atoms with Gasteiger partial charge < -0.3 is 13.7 Å². The lowest BCUT2D eigenvalue weighted by atomic mass is 9.91.